The van der Waals surface area contributed by atoms with Crippen LogP contribution in [0.3, 0.4) is 0 Å². The van der Waals surface area contributed by atoms with E-state index in [4.69, 9.17) is 15.0 Å². The number of benzene rings is 17. The molecule has 0 saturated heterocycles. The highest BCUT2D eigenvalue weighted by atomic mass is 28.3. The van der Waals surface area contributed by atoms with Crippen LogP contribution in [-0.4, -0.2) is 44.9 Å². The Morgan fingerprint density at radius 2 is 0.633 bits per heavy atom. The summed E-state index contributed by atoms with van der Waals surface area (Å²) in [7, 11) is -6.36. The maximum Gasteiger partial charge on any atom is 0.252 e. The van der Waals surface area contributed by atoms with Gasteiger partial charge in [0.1, 0.15) is 30.2 Å². The first-order chi connectivity index (χ1) is 59.5. The first-order valence-corrected chi connectivity index (χ1v) is 45.3. The molecule has 0 radical (unpaired) electrons. The van der Waals surface area contributed by atoms with Crippen molar-refractivity contribution in [2.24, 2.45) is 15.0 Å². The molecule has 5 heterocycles. The van der Waals surface area contributed by atoms with Crippen LogP contribution in [0.25, 0.3) is 27.5 Å². The van der Waals surface area contributed by atoms with Gasteiger partial charge in [0.05, 0.1) is 16.7 Å². The second-order valence-corrected chi connectivity index (χ2v) is 39.0. The van der Waals surface area contributed by atoms with Gasteiger partial charge in [-0.2, -0.15) is 0 Å². The van der Waals surface area contributed by atoms with Gasteiger partial charge in [-0.25, -0.2) is 15.0 Å². The number of hydrogen-bond acceptors (Lipinski definition) is 8. The Bertz CT molecular complexity index is 6700. The summed E-state index contributed by atoms with van der Waals surface area (Å²) in [5, 5.41) is 24.5. The van der Waals surface area contributed by atoms with Crippen molar-refractivity contribution in [1.82, 2.24) is 20.5 Å². The lowest BCUT2D eigenvalue weighted by molar-refractivity contribution is 0.409. The van der Waals surface area contributed by atoms with E-state index in [1.807, 2.05) is 0 Å². The molecule has 9 nitrogen and oxygen atoms in total. The monoisotopic (exact) mass is 1570 g/mol. The van der Waals surface area contributed by atoms with Gasteiger partial charge in [-0.3, -0.25) is 5.32 Å². The van der Waals surface area contributed by atoms with Gasteiger partial charge in [-0.15, -0.1) is 0 Å². The number of aromatic nitrogens is 1. The minimum atomic E-state index is -3.18. The zero-order chi connectivity index (χ0) is 79.5. The molecule has 1 aromatic heterocycles. The van der Waals surface area contributed by atoms with Crippen LogP contribution in [0.15, 0.2) is 464 Å². The molecule has 0 amide bonds. The number of anilines is 6. The normalized spacial score (nSPS) is 15.4. The second kappa shape index (κ2) is 30.4. The van der Waals surface area contributed by atoms with Crippen molar-refractivity contribution in [3.8, 4) is 5.69 Å². The minimum Gasteiger partial charge on any atom is -0.350 e. The van der Waals surface area contributed by atoms with Gasteiger partial charge in [0, 0.05) is 61.6 Å². The molecule has 0 fully saturated rings. The van der Waals surface area contributed by atoms with E-state index >= 15 is 0 Å². The summed E-state index contributed by atoms with van der Waals surface area (Å²) in [5.74, 6) is 2.17. The molecule has 4 aliphatic heterocycles. The summed E-state index contributed by atoms with van der Waals surface area (Å²) in [6.45, 7) is -0.419. The van der Waals surface area contributed by atoms with Gasteiger partial charge in [0.15, 0.2) is 22.0 Å². The molecular formula is C108H80BN9Si2. The van der Waals surface area contributed by atoms with Gasteiger partial charge in [-0.1, -0.05) is 376 Å². The largest absolute Gasteiger partial charge is 0.350 e. The lowest BCUT2D eigenvalue weighted by Gasteiger charge is -2.45. The predicted octanol–water partition coefficient (Wildman–Crippen LogP) is 16.5. The Balaban J connectivity index is 0.865. The van der Waals surface area contributed by atoms with Crippen molar-refractivity contribution >= 4 is 154 Å². The third-order valence-corrected chi connectivity index (χ3v) is 34.3. The summed E-state index contributed by atoms with van der Waals surface area (Å²) in [6.07, 6.45) is -1.09. The maximum absolute atomic E-state index is 5.74. The van der Waals surface area contributed by atoms with Crippen molar-refractivity contribution in [2.75, 3.05) is 9.80 Å². The maximum atomic E-state index is 5.74. The summed E-state index contributed by atoms with van der Waals surface area (Å²) < 4.78 is 2.52. The van der Waals surface area contributed by atoms with E-state index in [1.165, 1.54) is 52.3 Å². The molecule has 0 bridgehead atoms. The van der Waals surface area contributed by atoms with E-state index in [9.17, 15) is 0 Å². The van der Waals surface area contributed by atoms with Crippen LogP contribution >= 0.6 is 0 Å². The molecule has 0 aliphatic carbocycles. The molecular weight excluding hydrogens is 1490 g/mol. The Morgan fingerprint density at radius 1 is 0.267 bits per heavy atom. The van der Waals surface area contributed by atoms with Gasteiger partial charge >= 0.3 is 0 Å². The second-order valence-electron chi connectivity index (χ2n) is 31.4. The number of fused-ring (bicyclic) bond motifs is 7. The molecule has 568 valence electrons. The summed E-state index contributed by atoms with van der Waals surface area (Å²) in [6, 6.07) is 167. The molecule has 120 heavy (non-hydrogen) atoms. The van der Waals surface area contributed by atoms with Crippen LogP contribution in [0, 0.1) is 0 Å². The van der Waals surface area contributed by atoms with Gasteiger partial charge < -0.3 is 25.0 Å². The molecule has 18 aromatic rings. The molecule has 3 N–H and O–H groups in total. The fourth-order valence-electron chi connectivity index (χ4n) is 19.5. The quantitative estimate of drug-likeness (QED) is 0.0625. The zero-order valence-electron chi connectivity index (χ0n) is 65.7. The number of amidine groups is 3. The predicted molar refractivity (Wildman–Crippen MR) is 505 cm³/mol. The number of hydrogen-bond donors (Lipinski definition) is 3. The topological polar surface area (TPSA) is 84.6 Å². The number of rotatable bonds is 17. The van der Waals surface area contributed by atoms with Crippen LogP contribution in [-0.2, 0) is 0 Å². The van der Waals surface area contributed by atoms with E-state index < -0.39 is 29.0 Å². The smallest absolute Gasteiger partial charge is 0.252 e. The summed E-state index contributed by atoms with van der Waals surface area (Å²) in [5.41, 5.74) is 18.9. The Kier molecular flexibility index (Phi) is 18.1. The van der Waals surface area contributed by atoms with Crippen molar-refractivity contribution in [3.05, 3.63) is 482 Å². The molecule has 0 saturated carbocycles. The molecule has 17 aromatic carbocycles. The Labute approximate surface area is 701 Å². The van der Waals surface area contributed by atoms with Gasteiger partial charge in [0.2, 0.25) is 0 Å². The first kappa shape index (κ1) is 71.7. The van der Waals surface area contributed by atoms with Crippen LogP contribution in [0.2, 0.25) is 0 Å². The molecule has 22 rings (SSSR count). The van der Waals surface area contributed by atoms with Gasteiger partial charge in [0.25, 0.3) is 6.71 Å². The number of aliphatic imine (C=N–C) groups is 3. The third-order valence-electron chi connectivity index (χ3n) is 24.8. The van der Waals surface area contributed by atoms with E-state index in [-0.39, 0.29) is 12.3 Å². The van der Waals surface area contributed by atoms with Crippen LogP contribution in [0.1, 0.15) is 51.9 Å². The number of para-hydroxylation sites is 2. The molecule has 3 atom stereocenters. The van der Waals surface area contributed by atoms with Crippen molar-refractivity contribution in [3.63, 3.8) is 0 Å². The summed E-state index contributed by atoms with van der Waals surface area (Å²) in [4.78, 5) is 22.0. The van der Waals surface area contributed by atoms with E-state index in [0.717, 1.165) is 112 Å². The van der Waals surface area contributed by atoms with Crippen molar-refractivity contribution < 1.29 is 0 Å². The van der Waals surface area contributed by atoms with Crippen molar-refractivity contribution in [1.29, 1.82) is 0 Å². The molecule has 12 heteroatoms. The number of nitrogens with one attached hydrogen (secondary N) is 3. The first-order valence-electron chi connectivity index (χ1n) is 41.3. The highest BCUT2D eigenvalue weighted by molar-refractivity contribution is 7.20. The zero-order valence-corrected chi connectivity index (χ0v) is 67.7. The van der Waals surface area contributed by atoms with Crippen LogP contribution < -0.4 is 83.6 Å². The van der Waals surface area contributed by atoms with E-state index in [0.29, 0.717) is 5.84 Å². The van der Waals surface area contributed by atoms with E-state index in [2.05, 4.69) is 479 Å². The van der Waals surface area contributed by atoms with Crippen LogP contribution in [0.4, 0.5) is 34.1 Å². The fraction of sp³-hybridized carbons (Fsp3) is 0.0278. The number of nitrogens with zero attached hydrogens (tertiary/aromatic N) is 6. The highest BCUT2D eigenvalue weighted by Gasteiger charge is 2.48. The average molecular weight is 1570 g/mol. The average Bonchev–Trinajstić information content (AvgIpc) is 0.923. The molecule has 3 unspecified atom stereocenters. The third kappa shape index (κ3) is 12.2. The SMILES string of the molecule is c1ccc(C2=NC(c3ccccc3)NC(c3ccc4c(c3)B3c5cc(C6=NC(c7ccccc7)NC(c7ccccc7)N6)ccc5N(c5cccc([Si](c6ccccc6)(c6ccccc6)c6ccccc6)c5)c5cc(-n6c7ccccc7c7ccccc76)cc(c53)N4c3cccc([Si](c4ccccc4)(c4ccccc4)c4ccccc4)c3)=N2)cc1. The Hall–Kier alpha value is -14.8. The molecule has 4 aliphatic rings. The minimum absolute atomic E-state index is 0.281. The van der Waals surface area contributed by atoms with E-state index in [1.54, 1.807) is 0 Å². The lowest BCUT2D eigenvalue weighted by atomic mass is 9.33. The fourth-order valence-corrected chi connectivity index (χ4v) is 29.1. The molecule has 0 spiro atoms. The van der Waals surface area contributed by atoms with Crippen molar-refractivity contribution in [2.45, 2.75) is 18.5 Å². The van der Waals surface area contributed by atoms with Crippen LogP contribution in [0.5, 0.6) is 0 Å². The Morgan fingerprint density at radius 3 is 1.07 bits per heavy atom. The highest BCUT2D eigenvalue weighted by Crippen LogP contribution is 2.47. The lowest BCUT2D eigenvalue weighted by Crippen LogP contribution is -2.74. The summed E-state index contributed by atoms with van der Waals surface area (Å²) >= 11 is 0. The van der Waals surface area contributed by atoms with Gasteiger partial charge in [-0.05, 0) is 147 Å². The standard InChI is InChI=1S/C108H80BN9Si2/c1-11-37-75(38-12-1)103-110-104(76-39-13-2-14-40-76)113-107(112-103)79-65-67-98-94(69-79)109-95-70-80(108-114-105(77-41-15-3-16-42-77)111-106(115-108)78-43-17-4-18-44-78)66-68-99(95)117(82-46-36-60-91(72-82)120(87-53-25-8-26-54-87,88-55-27-9-28-56-88)89-57-29-10-30-58-89)101-74-83(118-96-63-33-31-61-92(96)93-62-32-34-64-97(93)118)73-100(102(101)109)116(98)81-45-35-59-90(71-81)119(84-47-19-5-20-48-84,85-49-21-6-22-50-85)86-51-23-7-24-52-86/h1-74,103-105,110H,(H,112,113)(H,111,114,115).